The van der Waals surface area contributed by atoms with Crippen LogP contribution >= 0.6 is 0 Å². The van der Waals surface area contributed by atoms with E-state index in [0.29, 0.717) is 5.56 Å². The monoisotopic (exact) mass is 220 g/mol. The maximum absolute atomic E-state index is 11.3. The zero-order chi connectivity index (χ0) is 11.5. The Hall–Kier alpha value is -2.37. The second-order valence-electron chi connectivity index (χ2n) is 2.98. The second-order valence-corrected chi connectivity index (χ2v) is 2.98. The molecule has 0 saturated heterocycles. The Kier molecular flexibility index (Phi) is 2.55. The summed E-state index contributed by atoms with van der Waals surface area (Å²) in [7, 11) is 1.21. The number of esters is 1. The molecule has 0 aliphatic rings. The van der Waals surface area contributed by atoms with Crippen LogP contribution in [0.2, 0.25) is 0 Å². The maximum Gasteiger partial charge on any atom is 0.389 e. The van der Waals surface area contributed by atoms with E-state index < -0.39 is 5.97 Å². The van der Waals surface area contributed by atoms with Crippen LogP contribution in [0.1, 0.15) is 10.5 Å². The van der Waals surface area contributed by atoms with Gasteiger partial charge in [-0.05, 0) is 4.90 Å². The number of nitrogens with zero attached hydrogens (tertiary/aromatic N) is 2. The van der Waals surface area contributed by atoms with Crippen LogP contribution in [0, 0.1) is 5.21 Å². The molecule has 6 heteroatoms. The molecule has 0 atom stereocenters. The number of carbonyl (C=O) groups is 1. The molecule has 2 aromatic rings. The van der Waals surface area contributed by atoms with Crippen molar-refractivity contribution in [2.45, 2.75) is 0 Å². The highest BCUT2D eigenvalue weighted by Crippen LogP contribution is 2.18. The van der Waals surface area contributed by atoms with Gasteiger partial charge < -0.3 is 9.94 Å². The van der Waals surface area contributed by atoms with Crippen molar-refractivity contribution < 1.29 is 19.1 Å². The van der Waals surface area contributed by atoms with E-state index >= 15 is 0 Å². The van der Waals surface area contributed by atoms with E-state index in [1.54, 1.807) is 30.3 Å². The summed E-state index contributed by atoms with van der Waals surface area (Å²) in [5.74, 6) is -0.711. The minimum Gasteiger partial charge on any atom is -0.462 e. The van der Waals surface area contributed by atoms with Gasteiger partial charge in [-0.25, -0.2) is 4.79 Å². The number of methoxy groups -OCH3 is 1. The molecule has 6 nitrogen and oxygen atoms in total. The van der Waals surface area contributed by atoms with Crippen molar-refractivity contribution >= 4 is 5.97 Å². The third-order valence-electron chi connectivity index (χ3n) is 2.04. The Bertz CT molecular complexity index is 507. The summed E-state index contributed by atoms with van der Waals surface area (Å²) >= 11 is 0. The lowest BCUT2D eigenvalue weighted by atomic mass is 10.1. The molecule has 0 aliphatic carbocycles. The summed E-state index contributed by atoms with van der Waals surface area (Å²) < 4.78 is 8.88. The number of aromatic nitrogens is 2. The molecular formula is C10H8N2O4. The standard InChI is InChI=1S/C10H8N2O4/c1-15-10(13)8-9(12(14)16-11-8)7-5-3-2-4-6-7/h2-6H,1H3. The molecule has 0 fully saturated rings. The first kappa shape index (κ1) is 10.2. The molecule has 1 aromatic carbocycles. The van der Waals surface area contributed by atoms with Gasteiger partial charge >= 0.3 is 11.7 Å². The Morgan fingerprint density at radius 3 is 2.75 bits per heavy atom. The van der Waals surface area contributed by atoms with Crippen molar-refractivity contribution in [3.8, 4) is 11.3 Å². The lowest BCUT2D eigenvalue weighted by molar-refractivity contribution is -0.793. The Morgan fingerprint density at radius 2 is 2.12 bits per heavy atom. The van der Waals surface area contributed by atoms with Gasteiger partial charge in [-0.2, -0.15) is 0 Å². The summed E-state index contributed by atoms with van der Waals surface area (Å²) in [6, 6.07) is 8.62. The number of hydrogen-bond donors (Lipinski definition) is 0. The fraction of sp³-hybridized carbons (Fsp3) is 0.100. The molecule has 0 bridgehead atoms. The van der Waals surface area contributed by atoms with Crippen molar-refractivity contribution in [1.82, 2.24) is 5.16 Å². The summed E-state index contributed by atoms with van der Waals surface area (Å²) in [4.78, 5) is 11.5. The van der Waals surface area contributed by atoms with Gasteiger partial charge in [-0.3, -0.25) is 4.63 Å². The third kappa shape index (κ3) is 1.60. The number of hydrogen-bond acceptors (Lipinski definition) is 5. The average Bonchev–Trinajstić information content (AvgIpc) is 2.71. The van der Waals surface area contributed by atoms with E-state index in [1.165, 1.54) is 7.11 Å². The van der Waals surface area contributed by atoms with Gasteiger partial charge in [0.25, 0.3) is 0 Å². The molecule has 0 amide bonds. The Morgan fingerprint density at radius 1 is 1.44 bits per heavy atom. The predicted octanol–water partition coefficient (Wildman–Crippen LogP) is 0.762. The molecule has 0 N–H and O–H groups in total. The minimum absolute atomic E-state index is 0.0486. The van der Waals surface area contributed by atoms with Crippen LogP contribution in [-0.2, 0) is 4.74 Å². The number of rotatable bonds is 2. The van der Waals surface area contributed by atoms with Gasteiger partial charge in [0.1, 0.15) is 0 Å². The summed E-state index contributed by atoms with van der Waals surface area (Å²) in [5.41, 5.74) is 0.454. The van der Waals surface area contributed by atoms with Gasteiger partial charge in [-0.15, -0.1) is 0 Å². The first-order chi connectivity index (χ1) is 7.74. The normalized spacial score (nSPS) is 10.1. The van der Waals surface area contributed by atoms with Gasteiger partial charge in [0, 0.05) is 5.56 Å². The van der Waals surface area contributed by atoms with E-state index in [0.717, 1.165) is 0 Å². The average molecular weight is 220 g/mol. The van der Waals surface area contributed by atoms with E-state index in [-0.39, 0.29) is 16.3 Å². The molecule has 0 unspecified atom stereocenters. The first-order valence-corrected chi connectivity index (χ1v) is 4.47. The maximum atomic E-state index is 11.3. The molecule has 1 heterocycles. The third-order valence-corrected chi connectivity index (χ3v) is 2.04. The molecule has 0 radical (unpaired) electrons. The first-order valence-electron chi connectivity index (χ1n) is 4.47. The number of carbonyl (C=O) groups excluding carboxylic acids is 1. The van der Waals surface area contributed by atoms with Crippen LogP contribution in [-0.4, -0.2) is 18.2 Å². The number of ether oxygens (including phenoxy) is 1. The molecular weight excluding hydrogens is 212 g/mol. The van der Waals surface area contributed by atoms with Crippen molar-refractivity contribution in [3.05, 3.63) is 41.2 Å². The van der Waals surface area contributed by atoms with Crippen LogP contribution in [0.25, 0.3) is 11.3 Å². The van der Waals surface area contributed by atoms with Crippen LogP contribution in [0.15, 0.2) is 35.0 Å². The van der Waals surface area contributed by atoms with Crippen molar-refractivity contribution in [1.29, 1.82) is 0 Å². The van der Waals surface area contributed by atoms with E-state index in [2.05, 4.69) is 14.5 Å². The zero-order valence-corrected chi connectivity index (χ0v) is 8.41. The summed E-state index contributed by atoms with van der Waals surface area (Å²) in [6.07, 6.45) is 0. The Balaban J connectivity index is 2.56. The van der Waals surface area contributed by atoms with E-state index in [1.807, 2.05) is 0 Å². The number of benzene rings is 1. The highest BCUT2D eigenvalue weighted by atomic mass is 16.8. The van der Waals surface area contributed by atoms with Crippen molar-refractivity contribution in [2.24, 2.45) is 0 Å². The van der Waals surface area contributed by atoms with Crippen LogP contribution < -0.4 is 4.90 Å². The highest BCUT2D eigenvalue weighted by molar-refractivity contribution is 5.92. The predicted molar refractivity (Wildman–Crippen MR) is 52.2 cm³/mol. The molecule has 2 rings (SSSR count). The van der Waals surface area contributed by atoms with Gasteiger partial charge in [0.05, 0.1) is 12.3 Å². The van der Waals surface area contributed by atoms with Gasteiger partial charge in [-0.1, -0.05) is 30.3 Å². The topological polar surface area (TPSA) is 79.3 Å². The van der Waals surface area contributed by atoms with Crippen molar-refractivity contribution in [3.63, 3.8) is 0 Å². The van der Waals surface area contributed by atoms with E-state index in [9.17, 15) is 10.0 Å². The molecule has 0 aliphatic heterocycles. The molecule has 82 valence electrons. The van der Waals surface area contributed by atoms with Gasteiger partial charge in [0.15, 0.2) is 0 Å². The molecule has 0 spiro atoms. The van der Waals surface area contributed by atoms with Crippen LogP contribution in [0.5, 0.6) is 0 Å². The SMILES string of the molecule is COC(=O)c1no[n+]([O-])c1-c1ccccc1. The molecule has 0 saturated carbocycles. The minimum atomic E-state index is -0.711. The molecule has 16 heavy (non-hydrogen) atoms. The zero-order valence-electron chi connectivity index (χ0n) is 8.41. The highest BCUT2D eigenvalue weighted by Gasteiger charge is 2.28. The van der Waals surface area contributed by atoms with Gasteiger partial charge in [0.2, 0.25) is 5.69 Å². The molecule has 1 aromatic heterocycles. The largest absolute Gasteiger partial charge is 0.462 e. The van der Waals surface area contributed by atoms with Crippen LogP contribution in [0.3, 0.4) is 0 Å². The summed E-state index contributed by atoms with van der Waals surface area (Å²) in [6.45, 7) is 0. The van der Waals surface area contributed by atoms with Crippen molar-refractivity contribution in [2.75, 3.05) is 7.11 Å². The fourth-order valence-corrected chi connectivity index (χ4v) is 1.32. The fourth-order valence-electron chi connectivity index (χ4n) is 1.32. The summed E-state index contributed by atoms with van der Waals surface area (Å²) in [5, 5.41) is 14.7. The Labute approximate surface area is 90.6 Å². The van der Waals surface area contributed by atoms with E-state index in [4.69, 9.17) is 0 Å². The quantitative estimate of drug-likeness (QED) is 0.551. The van der Waals surface area contributed by atoms with Crippen LogP contribution in [0.4, 0.5) is 0 Å². The second kappa shape index (κ2) is 4.01. The lowest BCUT2D eigenvalue weighted by Crippen LogP contribution is -2.26. The lowest BCUT2D eigenvalue weighted by Gasteiger charge is -1.97. The smallest absolute Gasteiger partial charge is 0.389 e.